The number of ether oxygens (including phenoxy) is 1. The summed E-state index contributed by atoms with van der Waals surface area (Å²) in [5.74, 6) is -0.275. The van der Waals surface area contributed by atoms with E-state index in [1.807, 2.05) is 0 Å². The van der Waals surface area contributed by atoms with Gasteiger partial charge in [-0.15, -0.1) is 0 Å². The lowest BCUT2D eigenvalue weighted by Gasteiger charge is -2.28. The number of carbonyl (C=O) groups excluding carboxylic acids is 1. The topological polar surface area (TPSA) is 172 Å². The Morgan fingerprint density at radius 2 is 1.90 bits per heavy atom. The minimum Gasteiger partial charge on any atom is -0.396 e. The van der Waals surface area contributed by atoms with Crippen LogP contribution in [0.4, 0.5) is 11.6 Å². The van der Waals surface area contributed by atoms with Crippen molar-refractivity contribution in [3.05, 3.63) is 10.8 Å². The van der Waals surface area contributed by atoms with Gasteiger partial charge >= 0.3 is 0 Å². The lowest BCUT2D eigenvalue weighted by molar-refractivity contribution is 0.0109. The molecule has 1 aliphatic rings. The molecule has 0 spiro atoms. The highest BCUT2D eigenvalue weighted by atomic mass is 35.5. The van der Waals surface area contributed by atoms with Crippen molar-refractivity contribution in [3.8, 4) is 0 Å². The number of guanidine groups is 1. The number of halogens is 1. The van der Waals surface area contributed by atoms with Gasteiger partial charge in [-0.05, 0) is 44.4 Å². The predicted octanol–water partition coefficient (Wildman–Crippen LogP) is 1.68. The summed E-state index contributed by atoms with van der Waals surface area (Å²) in [5.41, 5.74) is 10.9. The summed E-state index contributed by atoms with van der Waals surface area (Å²) >= 11 is 5.77. The molecule has 1 fully saturated rings. The van der Waals surface area contributed by atoms with Gasteiger partial charge in [-0.3, -0.25) is 15.5 Å². The fourth-order valence-corrected chi connectivity index (χ4v) is 3.63. The maximum atomic E-state index is 12.1. The molecule has 1 aromatic heterocycles. The maximum absolute atomic E-state index is 12.1. The Kier molecular flexibility index (Phi) is 10.0. The van der Waals surface area contributed by atoms with Crippen molar-refractivity contribution in [1.29, 1.82) is 5.41 Å². The molecule has 11 heteroatoms. The molecule has 1 saturated carbocycles. The van der Waals surface area contributed by atoms with Gasteiger partial charge in [0.25, 0.3) is 5.91 Å². The average molecular weight is 442 g/mol. The highest BCUT2D eigenvalue weighted by Crippen LogP contribution is 2.29. The van der Waals surface area contributed by atoms with E-state index in [0.29, 0.717) is 25.7 Å². The molecule has 0 aliphatic heterocycles. The Hall–Kier alpha value is -2.17. The van der Waals surface area contributed by atoms with E-state index in [2.05, 4.69) is 20.6 Å². The molecule has 10 nitrogen and oxygen atoms in total. The van der Waals surface area contributed by atoms with E-state index in [4.69, 9.17) is 38.3 Å². The van der Waals surface area contributed by atoms with Crippen molar-refractivity contribution in [3.63, 3.8) is 0 Å². The Labute approximate surface area is 181 Å². The van der Waals surface area contributed by atoms with Gasteiger partial charge in [0.15, 0.2) is 28.4 Å². The minimum atomic E-state index is -0.669. The molecule has 0 unspecified atom stereocenters. The van der Waals surface area contributed by atoms with Crippen LogP contribution in [0.3, 0.4) is 0 Å². The normalized spacial score (nSPS) is 18.7. The van der Waals surface area contributed by atoms with Gasteiger partial charge in [-0.1, -0.05) is 24.4 Å². The molecule has 1 aliphatic carbocycles. The lowest BCUT2D eigenvalue weighted by atomic mass is 9.84. The second-order valence-corrected chi connectivity index (χ2v) is 7.83. The number of carbonyl (C=O) groups is 1. The number of hydrogen-bond acceptors (Lipinski definition) is 8. The fourth-order valence-electron chi connectivity index (χ4n) is 3.50. The molecule has 0 aromatic carbocycles. The number of anilines is 2. The van der Waals surface area contributed by atoms with Crippen LogP contribution in [0.15, 0.2) is 0 Å². The smallest absolute Gasteiger partial charge is 0.280 e. The SMILES string of the molecule is N=C(NCCCCC1CCC(OCCCO)CC1)NC(=O)c1nc(Cl)c(N)nc1N. The van der Waals surface area contributed by atoms with Gasteiger partial charge in [0.05, 0.1) is 6.10 Å². The predicted molar refractivity (Wildman–Crippen MR) is 116 cm³/mol. The zero-order valence-corrected chi connectivity index (χ0v) is 17.9. The molecule has 0 atom stereocenters. The van der Waals surface area contributed by atoms with E-state index >= 15 is 0 Å². The highest BCUT2D eigenvalue weighted by Gasteiger charge is 2.21. The average Bonchev–Trinajstić information content (AvgIpc) is 2.71. The number of nitrogens with one attached hydrogen (secondary N) is 3. The van der Waals surface area contributed by atoms with Crippen LogP contribution in [-0.4, -0.2) is 52.8 Å². The van der Waals surface area contributed by atoms with Crippen LogP contribution in [0.25, 0.3) is 0 Å². The number of aliphatic hydroxyl groups excluding tert-OH is 1. The van der Waals surface area contributed by atoms with Gasteiger partial charge in [0.1, 0.15) is 0 Å². The Morgan fingerprint density at radius 1 is 1.17 bits per heavy atom. The van der Waals surface area contributed by atoms with E-state index in [-0.39, 0.29) is 35.0 Å². The van der Waals surface area contributed by atoms with Crippen LogP contribution in [0.5, 0.6) is 0 Å². The van der Waals surface area contributed by atoms with E-state index in [9.17, 15) is 4.79 Å². The number of nitrogens with two attached hydrogens (primary N) is 2. The second-order valence-electron chi connectivity index (χ2n) is 7.48. The van der Waals surface area contributed by atoms with Crippen molar-refractivity contribution in [1.82, 2.24) is 20.6 Å². The molecular formula is C19H32ClN7O3. The van der Waals surface area contributed by atoms with Crippen molar-refractivity contribution in [2.75, 3.05) is 31.2 Å². The molecule has 1 aromatic rings. The third kappa shape index (κ3) is 7.92. The molecular weight excluding hydrogens is 410 g/mol. The molecule has 0 saturated heterocycles. The number of aliphatic hydroxyl groups is 1. The Morgan fingerprint density at radius 3 is 2.60 bits per heavy atom. The van der Waals surface area contributed by atoms with Gasteiger partial charge in [-0.25, -0.2) is 9.97 Å². The minimum absolute atomic E-state index is 0.0540. The number of nitrogen functional groups attached to an aromatic ring is 2. The monoisotopic (exact) mass is 441 g/mol. The van der Waals surface area contributed by atoms with Crippen LogP contribution in [0.2, 0.25) is 5.15 Å². The van der Waals surface area contributed by atoms with Gasteiger partial charge in [-0.2, -0.15) is 0 Å². The molecule has 168 valence electrons. The largest absolute Gasteiger partial charge is 0.396 e. The molecule has 1 heterocycles. The fraction of sp³-hybridized carbons (Fsp3) is 0.684. The number of hydrogen-bond donors (Lipinski definition) is 6. The summed E-state index contributed by atoms with van der Waals surface area (Å²) in [5, 5.41) is 21.8. The van der Waals surface area contributed by atoms with E-state index in [1.54, 1.807) is 0 Å². The van der Waals surface area contributed by atoms with E-state index < -0.39 is 5.91 Å². The van der Waals surface area contributed by atoms with E-state index in [0.717, 1.165) is 38.0 Å². The molecule has 30 heavy (non-hydrogen) atoms. The molecule has 1 amide bonds. The summed E-state index contributed by atoms with van der Waals surface area (Å²) in [6, 6.07) is 0. The van der Waals surface area contributed by atoms with E-state index in [1.165, 1.54) is 12.8 Å². The molecule has 0 bridgehead atoms. The van der Waals surface area contributed by atoms with Gasteiger partial charge in [0, 0.05) is 19.8 Å². The second kappa shape index (κ2) is 12.5. The lowest BCUT2D eigenvalue weighted by Crippen LogP contribution is -2.41. The van der Waals surface area contributed by atoms with Gasteiger partial charge < -0.3 is 26.6 Å². The van der Waals surface area contributed by atoms with Crippen molar-refractivity contribution in [2.24, 2.45) is 5.92 Å². The first-order valence-electron chi connectivity index (χ1n) is 10.4. The summed E-state index contributed by atoms with van der Waals surface area (Å²) in [6.45, 7) is 1.41. The van der Waals surface area contributed by atoms with Gasteiger partial charge in [0.2, 0.25) is 0 Å². The van der Waals surface area contributed by atoms with Crippen LogP contribution in [-0.2, 0) is 4.74 Å². The summed E-state index contributed by atoms with van der Waals surface area (Å²) in [6.07, 6.45) is 8.69. The number of amides is 1. The number of aromatic nitrogens is 2. The number of rotatable bonds is 10. The zero-order valence-electron chi connectivity index (χ0n) is 17.1. The summed E-state index contributed by atoms with van der Waals surface area (Å²) < 4.78 is 5.77. The number of nitrogens with zero attached hydrogens (tertiary/aromatic N) is 2. The number of unbranched alkanes of at least 4 members (excludes halogenated alkanes) is 1. The zero-order chi connectivity index (χ0) is 21.9. The standard InChI is InChI=1S/C19H32ClN7O3/c20-15-17(22)26-16(21)14(25-15)18(29)27-19(23)24-9-2-1-4-12-5-7-13(8-6-12)30-11-3-10-28/h12-13,28H,1-11H2,(H4,21,22,26)(H3,23,24,27,29). The highest BCUT2D eigenvalue weighted by molar-refractivity contribution is 6.31. The van der Waals surface area contributed by atoms with Crippen LogP contribution >= 0.6 is 11.6 Å². The molecule has 2 rings (SSSR count). The first-order valence-corrected chi connectivity index (χ1v) is 10.7. The van der Waals surface area contributed by atoms with Crippen molar-refractivity contribution < 1.29 is 14.6 Å². The Bertz CT molecular complexity index is 712. The third-order valence-corrected chi connectivity index (χ3v) is 5.43. The molecule has 0 radical (unpaired) electrons. The Balaban J connectivity index is 1.57. The van der Waals surface area contributed by atoms with Crippen molar-refractivity contribution >= 4 is 35.1 Å². The third-order valence-electron chi connectivity index (χ3n) is 5.15. The summed E-state index contributed by atoms with van der Waals surface area (Å²) in [7, 11) is 0. The van der Waals surface area contributed by atoms with Crippen molar-refractivity contribution in [2.45, 2.75) is 57.5 Å². The molecule has 8 N–H and O–H groups in total. The van der Waals surface area contributed by atoms with Crippen LogP contribution in [0.1, 0.15) is 61.9 Å². The van der Waals surface area contributed by atoms with Crippen LogP contribution in [0, 0.1) is 11.3 Å². The quantitative estimate of drug-likeness (QED) is 0.181. The summed E-state index contributed by atoms with van der Waals surface area (Å²) in [4.78, 5) is 19.7. The maximum Gasteiger partial charge on any atom is 0.280 e. The first kappa shape index (κ1) is 24.1. The van der Waals surface area contributed by atoms with Crippen LogP contribution < -0.4 is 22.1 Å². The first-order chi connectivity index (χ1) is 14.4.